The van der Waals surface area contributed by atoms with Gasteiger partial charge >= 0.3 is 0 Å². The fourth-order valence-electron chi connectivity index (χ4n) is 2.71. The smallest absolute Gasteiger partial charge is 0.229 e. The number of benzene rings is 1. The Balaban J connectivity index is 1.51. The molecule has 0 atom stereocenters. The minimum Gasteiger partial charge on any atom is -0.486 e. The van der Waals surface area contributed by atoms with Gasteiger partial charge in [0.15, 0.2) is 5.01 Å². The number of carbonyl (C=O) groups is 1. The highest BCUT2D eigenvalue weighted by Crippen LogP contribution is 2.26. The van der Waals surface area contributed by atoms with E-state index in [4.69, 9.17) is 4.74 Å². The van der Waals surface area contributed by atoms with E-state index in [-0.39, 0.29) is 11.8 Å². The molecule has 1 aliphatic carbocycles. The highest BCUT2D eigenvalue weighted by atomic mass is 32.1. The summed E-state index contributed by atoms with van der Waals surface area (Å²) in [6.07, 6.45) is 5.48. The van der Waals surface area contributed by atoms with Gasteiger partial charge in [0.25, 0.3) is 0 Å². The van der Waals surface area contributed by atoms with Gasteiger partial charge in [-0.15, -0.1) is 10.2 Å². The summed E-state index contributed by atoms with van der Waals surface area (Å²) in [6, 6.07) is 7.88. The van der Waals surface area contributed by atoms with E-state index in [0.29, 0.717) is 11.7 Å². The summed E-state index contributed by atoms with van der Waals surface area (Å²) >= 11 is 1.37. The molecule has 1 aromatic carbocycles. The molecule has 1 fully saturated rings. The summed E-state index contributed by atoms with van der Waals surface area (Å²) in [5.41, 5.74) is 1.20. The van der Waals surface area contributed by atoms with Crippen LogP contribution in [0.1, 0.15) is 42.7 Å². The summed E-state index contributed by atoms with van der Waals surface area (Å²) in [6.45, 7) is 2.40. The minimum atomic E-state index is 0.0758. The van der Waals surface area contributed by atoms with Gasteiger partial charge in [0.2, 0.25) is 11.0 Å². The number of aromatic nitrogens is 2. The molecule has 5 nitrogen and oxygen atoms in total. The van der Waals surface area contributed by atoms with Gasteiger partial charge in [-0.3, -0.25) is 4.79 Å². The molecule has 122 valence electrons. The molecule has 0 unspecified atom stereocenters. The first-order valence-electron chi connectivity index (χ1n) is 8.03. The maximum absolute atomic E-state index is 12.2. The van der Waals surface area contributed by atoms with Crippen LogP contribution < -0.4 is 10.1 Å². The zero-order chi connectivity index (χ0) is 16.1. The molecule has 23 heavy (non-hydrogen) atoms. The number of amides is 1. The number of aryl methyl sites for hydroxylation is 1. The van der Waals surface area contributed by atoms with Gasteiger partial charge in [-0.25, -0.2) is 0 Å². The van der Waals surface area contributed by atoms with Crippen LogP contribution in [0.5, 0.6) is 5.75 Å². The first-order valence-corrected chi connectivity index (χ1v) is 8.85. The highest BCUT2D eigenvalue weighted by Gasteiger charge is 2.22. The standard InChI is InChI=1S/C17H21N3O2S/c1-12-7-9-14(10-8-12)22-11-15-19-20-17(23-15)18-16(21)13-5-3-2-4-6-13/h7-10,13H,2-6,11H2,1H3,(H,18,20,21). The fraction of sp³-hybridized carbons (Fsp3) is 0.471. The lowest BCUT2D eigenvalue weighted by Gasteiger charge is -2.19. The molecule has 3 rings (SSSR count). The number of anilines is 1. The molecular weight excluding hydrogens is 310 g/mol. The number of rotatable bonds is 5. The third-order valence-electron chi connectivity index (χ3n) is 4.06. The predicted molar refractivity (Wildman–Crippen MR) is 90.6 cm³/mol. The van der Waals surface area contributed by atoms with E-state index < -0.39 is 0 Å². The monoisotopic (exact) mass is 331 g/mol. The maximum atomic E-state index is 12.2. The second-order valence-electron chi connectivity index (χ2n) is 5.93. The van der Waals surface area contributed by atoms with Crippen molar-refractivity contribution in [3.8, 4) is 5.75 Å². The molecule has 0 radical (unpaired) electrons. The van der Waals surface area contributed by atoms with Gasteiger partial charge < -0.3 is 10.1 Å². The van der Waals surface area contributed by atoms with Crippen LogP contribution in [-0.2, 0) is 11.4 Å². The summed E-state index contributed by atoms with van der Waals surface area (Å²) in [7, 11) is 0. The lowest BCUT2D eigenvalue weighted by molar-refractivity contribution is -0.120. The van der Waals surface area contributed by atoms with Gasteiger partial charge in [0.05, 0.1) is 0 Å². The van der Waals surface area contributed by atoms with Crippen LogP contribution in [0.25, 0.3) is 0 Å². The van der Waals surface area contributed by atoms with E-state index in [1.807, 2.05) is 31.2 Å². The average molecular weight is 331 g/mol. The van der Waals surface area contributed by atoms with Gasteiger partial charge in [0.1, 0.15) is 12.4 Å². The van der Waals surface area contributed by atoms with Crippen molar-refractivity contribution in [2.75, 3.05) is 5.32 Å². The van der Waals surface area contributed by atoms with Crippen LogP contribution in [0.3, 0.4) is 0 Å². The van der Waals surface area contributed by atoms with E-state index in [1.165, 1.54) is 23.3 Å². The van der Waals surface area contributed by atoms with Crippen molar-refractivity contribution >= 4 is 22.4 Å². The van der Waals surface area contributed by atoms with Crippen LogP contribution in [-0.4, -0.2) is 16.1 Å². The molecule has 2 aromatic rings. The third-order valence-corrected chi connectivity index (χ3v) is 4.87. The van der Waals surface area contributed by atoms with E-state index >= 15 is 0 Å². The number of hydrogen-bond acceptors (Lipinski definition) is 5. The second-order valence-corrected chi connectivity index (χ2v) is 6.99. The largest absolute Gasteiger partial charge is 0.486 e. The molecule has 0 bridgehead atoms. The molecule has 1 aromatic heterocycles. The summed E-state index contributed by atoms with van der Waals surface area (Å²) < 4.78 is 5.68. The third kappa shape index (κ3) is 4.51. The second kappa shape index (κ2) is 7.55. The minimum absolute atomic E-state index is 0.0758. The Kier molecular flexibility index (Phi) is 5.23. The van der Waals surface area contributed by atoms with Crippen molar-refractivity contribution in [1.29, 1.82) is 0 Å². The Morgan fingerprint density at radius 1 is 1.22 bits per heavy atom. The highest BCUT2D eigenvalue weighted by molar-refractivity contribution is 7.15. The zero-order valence-electron chi connectivity index (χ0n) is 13.2. The SMILES string of the molecule is Cc1ccc(OCc2nnc(NC(=O)C3CCCCC3)s2)cc1. The molecule has 1 amide bonds. The predicted octanol–water partition coefficient (Wildman–Crippen LogP) is 3.94. The van der Waals surface area contributed by atoms with Crippen LogP contribution in [0.4, 0.5) is 5.13 Å². The van der Waals surface area contributed by atoms with E-state index in [1.54, 1.807) is 0 Å². The van der Waals surface area contributed by atoms with Gasteiger partial charge in [-0.1, -0.05) is 48.3 Å². The van der Waals surface area contributed by atoms with Crippen molar-refractivity contribution in [3.63, 3.8) is 0 Å². The van der Waals surface area contributed by atoms with Gasteiger partial charge in [-0.2, -0.15) is 0 Å². The van der Waals surface area contributed by atoms with Crippen molar-refractivity contribution < 1.29 is 9.53 Å². The molecule has 1 aliphatic rings. The number of ether oxygens (including phenoxy) is 1. The first kappa shape index (κ1) is 15.9. The van der Waals surface area contributed by atoms with Crippen LogP contribution in [0.15, 0.2) is 24.3 Å². The zero-order valence-corrected chi connectivity index (χ0v) is 14.1. The molecule has 0 saturated heterocycles. The van der Waals surface area contributed by atoms with Gasteiger partial charge in [0, 0.05) is 5.92 Å². The van der Waals surface area contributed by atoms with Crippen molar-refractivity contribution in [2.45, 2.75) is 45.6 Å². The van der Waals surface area contributed by atoms with Crippen molar-refractivity contribution in [1.82, 2.24) is 10.2 Å². The Morgan fingerprint density at radius 3 is 2.70 bits per heavy atom. The first-order chi connectivity index (χ1) is 11.2. The summed E-state index contributed by atoms with van der Waals surface area (Å²) in [4.78, 5) is 12.2. The molecule has 0 aliphatic heterocycles. The quantitative estimate of drug-likeness (QED) is 0.901. The van der Waals surface area contributed by atoms with Crippen LogP contribution in [0.2, 0.25) is 0 Å². The van der Waals surface area contributed by atoms with E-state index in [2.05, 4.69) is 15.5 Å². The van der Waals surface area contributed by atoms with Crippen LogP contribution in [0, 0.1) is 12.8 Å². The number of hydrogen-bond donors (Lipinski definition) is 1. The summed E-state index contributed by atoms with van der Waals surface area (Å²) in [5, 5.41) is 12.3. The normalized spacial score (nSPS) is 15.3. The Labute approximate surface area is 140 Å². The number of nitrogens with one attached hydrogen (secondary N) is 1. The molecule has 1 N–H and O–H groups in total. The molecule has 6 heteroatoms. The van der Waals surface area contributed by atoms with Gasteiger partial charge in [-0.05, 0) is 31.9 Å². The van der Waals surface area contributed by atoms with E-state index in [0.717, 1.165) is 36.4 Å². The topological polar surface area (TPSA) is 64.1 Å². The average Bonchev–Trinajstić information content (AvgIpc) is 3.02. The Morgan fingerprint density at radius 2 is 1.96 bits per heavy atom. The fourth-order valence-corrected chi connectivity index (χ4v) is 3.37. The molecular formula is C17H21N3O2S. The molecule has 1 heterocycles. The summed E-state index contributed by atoms with van der Waals surface area (Å²) in [5.74, 6) is 1.00. The van der Waals surface area contributed by atoms with E-state index in [9.17, 15) is 4.79 Å². The lowest BCUT2D eigenvalue weighted by atomic mass is 9.89. The maximum Gasteiger partial charge on any atom is 0.229 e. The number of carbonyl (C=O) groups excluding carboxylic acids is 1. The van der Waals surface area contributed by atoms with Crippen LogP contribution >= 0.6 is 11.3 Å². The molecule has 1 saturated carbocycles. The Hall–Kier alpha value is -1.95. The Bertz CT molecular complexity index is 648. The van der Waals surface area contributed by atoms with Crippen molar-refractivity contribution in [3.05, 3.63) is 34.8 Å². The van der Waals surface area contributed by atoms with Crippen molar-refractivity contribution in [2.24, 2.45) is 5.92 Å². The molecule has 0 spiro atoms. The lowest BCUT2D eigenvalue weighted by Crippen LogP contribution is -2.24. The number of nitrogens with zero attached hydrogens (tertiary/aromatic N) is 2.